The van der Waals surface area contributed by atoms with Crippen molar-refractivity contribution in [3.63, 3.8) is 0 Å². The molecule has 2 heterocycles. The molecule has 0 saturated heterocycles. The van der Waals surface area contributed by atoms with Crippen LogP contribution in [0.5, 0.6) is 0 Å². The van der Waals surface area contributed by atoms with Crippen LogP contribution >= 0.6 is 0 Å². The third-order valence-electron chi connectivity index (χ3n) is 3.28. The maximum atomic E-state index is 12.2. The third kappa shape index (κ3) is 2.55. The van der Waals surface area contributed by atoms with Gasteiger partial charge in [-0.2, -0.15) is 4.98 Å². The summed E-state index contributed by atoms with van der Waals surface area (Å²) in [4.78, 5) is 28.5. The lowest BCUT2D eigenvalue weighted by Gasteiger charge is -2.17. The lowest BCUT2D eigenvalue weighted by atomic mass is 10.1. The Kier molecular flexibility index (Phi) is 3.27. The van der Waals surface area contributed by atoms with Gasteiger partial charge in [0.25, 0.3) is 0 Å². The van der Waals surface area contributed by atoms with E-state index in [-0.39, 0.29) is 18.1 Å². The Morgan fingerprint density at radius 3 is 3.00 bits per heavy atom. The largest absolute Gasteiger partial charge is 0.478 e. The van der Waals surface area contributed by atoms with Crippen molar-refractivity contribution in [2.45, 2.75) is 13.0 Å². The van der Waals surface area contributed by atoms with E-state index in [4.69, 9.17) is 5.11 Å². The van der Waals surface area contributed by atoms with E-state index in [0.29, 0.717) is 24.5 Å². The van der Waals surface area contributed by atoms with Crippen molar-refractivity contribution >= 4 is 17.7 Å². The van der Waals surface area contributed by atoms with Crippen molar-refractivity contribution < 1.29 is 19.2 Å². The number of urea groups is 1. The highest BCUT2D eigenvalue weighted by Crippen LogP contribution is 2.29. The number of aromatic carboxylic acids is 1. The van der Waals surface area contributed by atoms with E-state index in [2.05, 4.69) is 20.0 Å². The van der Waals surface area contributed by atoms with Gasteiger partial charge in [0.15, 0.2) is 5.82 Å². The molecule has 8 heteroatoms. The predicted octanol–water partition coefficient (Wildman–Crippen LogP) is 1.04. The van der Waals surface area contributed by atoms with Crippen molar-refractivity contribution in [1.82, 2.24) is 15.5 Å². The van der Waals surface area contributed by atoms with Crippen LogP contribution in [0, 0.1) is 0 Å². The summed E-state index contributed by atoms with van der Waals surface area (Å²) in [6.07, 6.45) is 1.89. The van der Waals surface area contributed by atoms with Crippen LogP contribution in [0.2, 0.25) is 0 Å². The smallest absolute Gasteiger partial charge is 0.335 e. The van der Waals surface area contributed by atoms with E-state index < -0.39 is 5.97 Å². The second-order valence-corrected chi connectivity index (χ2v) is 4.56. The summed E-state index contributed by atoms with van der Waals surface area (Å²) in [5.74, 6) is -0.640. The molecule has 0 spiro atoms. The number of carbonyl (C=O) groups is 2. The van der Waals surface area contributed by atoms with E-state index in [9.17, 15) is 9.59 Å². The minimum absolute atomic E-state index is 0.153. The second kappa shape index (κ2) is 5.23. The van der Waals surface area contributed by atoms with Crippen LogP contribution in [-0.4, -0.2) is 33.8 Å². The average Bonchev–Trinajstić information content (AvgIpc) is 3.13. The molecular weight excluding hydrogens is 276 g/mol. The molecule has 1 aliphatic rings. The zero-order valence-electron chi connectivity index (χ0n) is 10.9. The molecule has 0 bridgehead atoms. The first-order valence-corrected chi connectivity index (χ1v) is 6.32. The number of anilines is 1. The van der Waals surface area contributed by atoms with Gasteiger partial charge in [0.05, 0.1) is 12.1 Å². The number of carboxylic acid groups (broad SMARTS) is 1. The summed E-state index contributed by atoms with van der Waals surface area (Å²) in [7, 11) is 0. The Labute approximate surface area is 119 Å². The number of nitrogens with one attached hydrogen (secondary N) is 1. The molecule has 0 fully saturated rings. The van der Waals surface area contributed by atoms with Gasteiger partial charge in [-0.05, 0) is 24.1 Å². The first-order chi connectivity index (χ1) is 10.1. The van der Waals surface area contributed by atoms with Gasteiger partial charge >= 0.3 is 12.0 Å². The maximum absolute atomic E-state index is 12.2. The average molecular weight is 288 g/mol. The number of nitrogens with zero attached hydrogens (tertiary/aromatic N) is 3. The van der Waals surface area contributed by atoms with E-state index in [1.54, 1.807) is 12.1 Å². The normalized spacial score (nSPS) is 13.0. The molecule has 0 saturated carbocycles. The standard InChI is InChI=1S/C13H12N4O4/c18-12(19)9-2-1-8-3-4-17(10(8)5-9)13(20)14-6-11-15-7-21-16-11/h1-2,5,7H,3-4,6H2,(H,14,20)(H,18,19). The van der Waals surface area contributed by atoms with Crippen molar-refractivity contribution in [1.29, 1.82) is 0 Å². The Morgan fingerprint density at radius 1 is 1.43 bits per heavy atom. The molecule has 0 unspecified atom stereocenters. The fraction of sp³-hybridized carbons (Fsp3) is 0.231. The first kappa shape index (κ1) is 13.1. The summed E-state index contributed by atoms with van der Waals surface area (Å²) in [6.45, 7) is 0.663. The lowest BCUT2D eigenvalue weighted by molar-refractivity contribution is 0.0697. The summed E-state index contributed by atoms with van der Waals surface area (Å²) < 4.78 is 4.58. The predicted molar refractivity (Wildman–Crippen MR) is 71.0 cm³/mol. The third-order valence-corrected chi connectivity index (χ3v) is 3.28. The lowest BCUT2D eigenvalue weighted by Crippen LogP contribution is -2.38. The molecular formula is C13H12N4O4. The molecule has 1 aromatic carbocycles. The van der Waals surface area contributed by atoms with Crippen molar-refractivity contribution in [3.8, 4) is 0 Å². The number of hydrogen-bond acceptors (Lipinski definition) is 5. The van der Waals surface area contributed by atoms with Crippen LogP contribution in [0.1, 0.15) is 21.7 Å². The minimum Gasteiger partial charge on any atom is -0.478 e. The molecule has 3 rings (SSSR count). The summed E-state index contributed by atoms with van der Waals surface area (Å²) in [5.41, 5.74) is 1.74. The fourth-order valence-electron chi connectivity index (χ4n) is 2.24. The van der Waals surface area contributed by atoms with Gasteiger partial charge in [0.1, 0.15) is 0 Å². The summed E-state index contributed by atoms with van der Waals surface area (Å²) >= 11 is 0. The number of carboxylic acids is 1. The summed E-state index contributed by atoms with van der Waals surface area (Å²) in [6, 6.07) is 4.48. The van der Waals surface area contributed by atoms with E-state index in [0.717, 1.165) is 5.56 Å². The summed E-state index contributed by atoms with van der Waals surface area (Å²) in [5, 5.41) is 15.3. The topological polar surface area (TPSA) is 109 Å². The van der Waals surface area contributed by atoms with Gasteiger partial charge in [0, 0.05) is 12.2 Å². The molecule has 108 valence electrons. The van der Waals surface area contributed by atoms with Crippen LogP contribution in [0.15, 0.2) is 29.1 Å². The molecule has 0 atom stereocenters. The molecule has 1 aromatic heterocycles. The van der Waals surface area contributed by atoms with Gasteiger partial charge in [-0.3, -0.25) is 4.90 Å². The number of rotatable bonds is 3. The zero-order valence-corrected chi connectivity index (χ0v) is 10.9. The van der Waals surface area contributed by atoms with Gasteiger partial charge in [-0.15, -0.1) is 0 Å². The highest BCUT2D eigenvalue weighted by atomic mass is 16.5. The van der Waals surface area contributed by atoms with Gasteiger partial charge in [-0.25, -0.2) is 9.59 Å². The maximum Gasteiger partial charge on any atom is 0.335 e. The van der Waals surface area contributed by atoms with Crippen LogP contribution in [0.3, 0.4) is 0 Å². The van der Waals surface area contributed by atoms with E-state index in [1.165, 1.54) is 17.4 Å². The van der Waals surface area contributed by atoms with E-state index in [1.807, 2.05) is 0 Å². The van der Waals surface area contributed by atoms with E-state index >= 15 is 0 Å². The molecule has 8 nitrogen and oxygen atoms in total. The fourth-order valence-corrected chi connectivity index (χ4v) is 2.24. The molecule has 2 aromatic rings. The highest BCUT2D eigenvalue weighted by molar-refractivity contribution is 5.96. The number of aromatic nitrogens is 2. The van der Waals surface area contributed by atoms with Crippen molar-refractivity contribution in [2.75, 3.05) is 11.4 Å². The number of amides is 2. The molecule has 2 N–H and O–H groups in total. The van der Waals surface area contributed by atoms with Gasteiger partial charge < -0.3 is 14.9 Å². The quantitative estimate of drug-likeness (QED) is 0.873. The van der Waals surface area contributed by atoms with Crippen LogP contribution < -0.4 is 10.2 Å². The SMILES string of the molecule is O=C(O)c1ccc2c(c1)N(C(=O)NCc1ncon1)CC2. The molecule has 0 aliphatic carbocycles. The molecule has 1 aliphatic heterocycles. The Balaban J connectivity index is 1.75. The Hall–Kier alpha value is -2.90. The minimum atomic E-state index is -1.02. The number of fused-ring (bicyclic) bond motifs is 1. The van der Waals surface area contributed by atoms with Crippen LogP contribution in [0.25, 0.3) is 0 Å². The van der Waals surface area contributed by atoms with Crippen LogP contribution in [-0.2, 0) is 13.0 Å². The zero-order chi connectivity index (χ0) is 14.8. The molecule has 2 amide bonds. The van der Waals surface area contributed by atoms with Crippen molar-refractivity contribution in [2.24, 2.45) is 0 Å². The van der Waals surface area contributed by atoms with Gasteiger partial charge in [0.2, 0.25) is 6.39 Å². The second-order valence-electron chi connectivity index (χ2n) is 4.56. The molecule has 0 radical (unpaired) electrons. The van der Waals surface area contributed by atoms with Crippen molar-refractivity contribution in [3.05, 3.63) is 41.5 Å². The number of carbonyl (C=O) groups excluding carboxylic acids is 1. The first-order valence-electron chi connectivity index (χ1n) is 6.32. The Morgan fingerprint density at radius 2 is 2.29 bits per heavy atom. The highest BCUT2D eigenvalue weighted by Gasteiger charge is 2.25. The number of benzene rings is 1. The Bertz CT molecular complexity index is 683. The van der Waals surface area contributed by atoms with Gasteiger partial charge in [-0.1, -0.05) is 11.2 Å². The molecule has 21 heavy (non-hydrogen) atoms. The number of hydrogen-bond donors (Lipinski definition) is 2. The monoisotopic (exact) mass is 288 g/mol. The van der Waals surface area contributed by atoms with Crippen LogP contribution in [0.4, 0.5) is 10.5 Å².